The highest BCUT2D eigenvalue weighted by atomic mass is 79.9. The van der Waals surface area contributed by atoms with E-state index in [2.05, 4.69) is 15.9 Å². The van der Waals surface area contributed by atoms with Crippen molar-refractivity contribution in [1.82, 2.24) is 0 Å². The summed E-state index contributed by atoms with van der Waals surface area (Å²) in [5, 5.41) is 0. The van der Waals surface area contributed by atoms with Crippen LogP contribution in [0.25, 0.3) is 0 Å². The molecule has 0 unspecified atom stereocenters. The van der Waals surface area contributed by atoms with Crippen LogP contribution in [0.5, 0.6) is 5.75 Å². The van der Waals surface area contributed by atoms with E-state index in [-0.39, 0.29) is 5.78 Å². The maximum absolute atomic E-state index is 12.4. The Hall–Kier alpha value is -1.61. The summed E-state index contributed by atoms with van der Waals surface area (Å²) >= 11 is 3.39. The van der Waals surface area contributed by atoms with Crippen molar-refractivity contribution >= 4 is 21.7 Å². The van der Waals surface area contributed by atoms with Crippen LogP contribution in [-0.4, -0.2) is 12.9 Å². The van der Waals surface area contributed by atoms with Gasteiger partial charge in [-0.25, -0.2) is 0 Å². The molecular formula is C15H13BrO2. The molecule has 0 bridgehead atoms. The fourth-order valence-corrected chi connectivity index (χ4v) is 2.10. The molecule has 0 aliphatic rings. The number of rotatable bonds is 3. The summed E-state index contributed by atoms with van der Waals surface area (Å²) in [6, 6.07) is 12.9. The molecule has 0 aromatic heterocycles. The van der Waals surface area contributed by atoms with E-state index in [4.69, 9.17) is 4.74 Å². The highest BCUT2D eigenvalue weighted by molar-refractivity contribution is 9.10. The molecule has 2 rings (SSSR count). The lowest BCUT2D eigenvalue weighted by Crippen LogP contribution is -2.03. The number of ketones is 1. The van der Waals surface area contributed by atoms with Crippen molar-refractivity contribution in [3.8, 4) is 5.75 Å². The van der Waals surface area contributed by atoms with Crippen LogP contribution in [0.1, 0.15) is 21.5 Å². The van der Waals surface area contributed by atoms with Gasteiger partial charge < -0.3 is 4.74 Å². The van der Waals surface area contributed by atoms with E-state index in [1.165, 1.54) is 0 Å². The predicted octanol–water partition coefficient (Wildman–Crippen LogP) is 4.00. The smallest absolute Gasteiger partial charge is 0.193 e. The molecular weight excluding hydrogens is 292 g/mol. The molecule has 2 nitrogen and oxygen atoms in total. The van der Waals surface area contributed by atoms with Crippen LogP contribution in [0, 0.1) is 6.92 Å². The third-order valence-electron chi connectivity index (χ3n) is 2.80. The molecule has 0 N–H and O–H groups in total. The molecule has 0 saturated heterocycles. The van der Waals surface area contributed by atoms with Gasteiger partial charge in [0.15, 0.2) is 5.78 Å². The number of aryl methyl sites for hydroxylation is 1. The van der Waals surface area contributed by atoms with Gasteiger partial charge in [-0.1, -0.05) is 22.0 Å². The van der Waals surface area contributed by atoms with Gasteiger partial charge in [-0.05, 0) is 48.9 Å². The van der Waals surface area contributed by atoms with Gasteiger partial charge in [0.2, 0.25) is 0 Å². The Kier molecular flexibility index (Phi) is 3.82. The molecule has 0 radical (unpaired) electrons. The van der Waals surface area contributed by atoms with Gasteiger partial charge in [0.25, 0.3) is 0 Å². The number of ether oxygens (including phenoxy) is 1. The Morgan fingerprint density at radius 3 is 2.39 bits per heavy atom. The van der Waals surface area contributed by atoms with E-state index in [1.807, 2.05) is 25.1 Å². The summed E-state index contributed by atoms with van der Waals surface area (Å²) in [7, 11) is 1.61. The highest BCUT2D eigenvalue weighted by Gasteiger charge is 2.12. The zero-order chi connectivity index (χ0) is 13.1. The largest absolute Gasteiger partial charge is 0.497 e. The number of carbonyl (C=O) groups excluding carboxylic acids is 1. The van der Waals surface area contributed by atoms with Crippen molar-refractivity contribution in [2.24, 2.45) is 0 Å². The first kappa shape index (κ1) is 12.8. The standard InChI is InChI=1S/C15H13BrO2/c1-10-3-6-12(16)9-14(10)15(17)11-4-7-13(18-2)8-5-11/h3-9H,1-2H3. The summed E-state index contributed by atoms with van der Waals surface area (Å²) in [4.78, 5) is 12.4. The van der Waals surface area contributed by atoms with E-state index in [0.29, 0.717) is 5.56 Å². The zero-order valence-corrected chi connectivity index (χ0v) is 11.8. The molecule has 2 aromatic carbocycles. The SMILES string of the molecule is COc1ccc(C(=O)c2cc(Br)ccc2C)cc1. The van der Waals surface area contributed by atoms with Crippen molar-refractivity contribution in [3.63, 3.8) is 0 Å². The number of hydrogen-bond donors (Lipinski definition) is 0. The monoisotopic (exact) mass is 304 g/mol. The molecule has 3 heteroatoms. The first-order chi connectivity index (χ1) is 8.61. The predicted molar refractivity (Wildman–Crippen MR) is 75.3 cm³/mol. The summed E-state index contributed by atoms with van der Waals surface area (Å²) in [6.45, 7) is 1.93. The second-order valence-corrected chi connectivity index (χ2v) is 4.93. The van der Waals surface area contributed by atoms with Gasteiger partial charge in [-0.3, -0.25) is 4.79 Å². The van der Waals surface area contributed by atoms with Crippen molar-refractivity contribution in [2.75, 3.05) is 7.11 Å². The van der Waals surface area contributed by atoms with E-state index in [1.54, 1.807) is 31.4 Å². The maximum atomic E-state index is 12.4. The summed E-state index contributed by atoms with van der Waals surface area (Å²) in [5.41, 5.74) is 2.35. The van der Waals surface area contributed by atoms with E-state index < -0.39 is 0 Å². The van der Waals surface area contributed by atoms with Crippen LogP contribution in [-0.2, 0) is 0 Å². The molecule has 0 fully saturated rings. The second-order valence-electron chi connectivity index (χ2n) is 4.02. The number of carbonyl (C=O) groups is 1. The maximum Gasteiger partial charge on any atom is 0.193 e. The summed E-state index contributed by atoms with van der Waals surface area (Å²) < 4.78 is 5.99. The van der Waals surface area contributed by atoms with Crippen LogP contribution < -0.4 is 4.74 Å². The Morgan fingerprint density at radius 1 is 1.11 bits per heavy atom. The molecule has 0 heterocycles. The minimum absolute atomic E-state index is 0.0245. The average Bonchev–Trinajstić information content (AvgIpc) is 2.41. The van der Waals surface area contributed by atoms with Gasteiger partial charge in [-0.15, -0.1) is 0 Å². The normalized spacial score (nSPS) is 10.2. The number of benzene rings is 2. The van der Waals surface area contributed by atoms with Crippen molar-refractivity contribution in [2.45, 2.75) is 6.92 Å². The van der Waals surface area contributed by atoms with Gasteiger partial charge in [0.05, 0.1) is 7.11 Å². The third kappa shape index (κ3) is 2.62. The molecule has 0 spiro atoms. The minimum atomic E-state index is 0.0245. The Bertz CT molecular complexity index is 574. The first-order valence-electron chi connectivity index (χ1n) is 5.56. The molecule has 0 saturated carbocycles. The molecule has 0 aliphatic heterocycles. The van der Waals surface area contributed by atoms with Crippen LogP contribution in [0.15, 0.2) is 46.9 Å². The number of methoxy groups -OCH3 is 1. The van der Waals surface area contributed by atoms with Crippen molar-refractivity contribution in [1.29, 1.82) is 0 Å². The molecule has 18 heavy (non-hydrogen) atoms. The van der Waals surface area contributed by atoms with Crippen molar-refractivity contribution in [3.05, 3.63) is 63.6 Å². The Labute approximate surface area is 115 Å². The van der Waals surface area contributed by atoms with Gasteiger partial charge in [0.1, 0.15) is 5.75 Å². The molecule has 0 amide bonds. The van der Waals surface area contributed by atoms with E-state index >= 15 is 0 Å². The first-order valence-corrected chi connectivity index (χ1v) is 6.36. The van der Waals surface area contributed by atoms with Gasteiger partial charge >= 0.3 is 0 Å². The fraction of sp³-hybridized carbons (Fsp3) is 0.133. The minimum Gasteiger partial charge on any atom is -0.497 e. The second kappa shape index (κ2) is 5.36. The lowest BCUT2D eigenvalue weighted by Gasteiger charge is -2.06. The Morgan fingerprint density at radius 2 is 1.78 bits per heavy atom. The lowest BCUT2D eigenvalue weighted by molar-refractivity contribution is 0.103. The lowest BCUT2D eigenvalue weighted by atomic mass is 9.99. The quantitative estimate of drug-likeness (QED) is 0.801. The fourth-order valence-electron chi connectivity index (χ4n) is 1.74. The summed E-state index contributed by atoms with van der Waals surface area (Å²) in [5.74, 6) is 0.772. The summed E-state index contributed by atoms with van der Waals surface area (Å²) in [6.07, 6.45) is 0. The highest BCUT2D eigenvalue weighted by Crippen LogP contribution is 2.20. The van der Waals surface area contributed by atoms with Gasteiger partial charge in [-0.2, -0.15) is 0 Å². The zero-order valence-electron chi connectivity index (χ0n) is 10.2. The van der Waals surface area contributed by atoms with Crippen molar-refractivity contribution < 1.29 is 9.53 Å². The third-order valence-corrected chi connectivity index (χ3v) is 3.29. The number of halogens is 1. The van der Waals surface area contributed by atoms with Gasteiger partial charge in [0, 0.05) is 15.6 Å². The van der Waals surface area contributed by atoms with Crippen LogP contribution in [0.4, 0.5) is 0 Å². The topological polar surface area (TPSA) is 26.3 Å². The van der Waals surface area contributed by atoms with E-state index in [9.17, 15) is 4.79 Å². The molecule has 0 aliphatic carbocycles. The number of hydrogen-bond acceptors (Lipinski definition) is 2. The van der Waals surface area contributed by atoms with Crippen LogP contribution in [0.3, 0.4) is 0 Å². The molecule has 2 aromatic rings. The van der Waals surface area contributed by atoms with Crippen LogP contribution >= 0.6 is 15.9 Å². The average molecular weight is 305 g/mol. The van der Waals surface area contributed by atoms with Crippen LogP contribution in [0.2, 0.25) is 0 Å². The molecule has 0 atom stereocenters. The molecule has 92 valence electrons. The Balaban J connectivity index is 2.38. The van der Waals surface area contributed by atoms with E-state index in [0.717, 1.165) is 21.3 Å².